The van der Waals surface area contributed by atoms with Crippen LogP contribution in [0.2, 0.25) is 0 Å². The van der Waals surface area contributed by atoms with Crippen LogP contribution in [0.25, 0.3) is 11.0 Å². The fourth-order valence-electron chi connectivity index (χ4n) is 2.13. The van der Waals surface area contributed by atoms with E-state index in [2.05, 4.69) is 29.1 Å². The van der Waals surface area contributed by atoms with Crippen molar-refractivity contribution in [3.63, 3.8) is 0 Å². The molecule has 0 spiro atoms. The van der Waals surface area contributed by atoms with Gasteiger partial charge in [0.05, 0.1) is 17.6 Å². The zero-order valence-electron chi connectivity index (χ0n) is 12.6. The third-order valence-corrected chi connectivity index (χ3v) is 4.25. The first-order valence-electron chi connectivity index (χ1n) is 7.08. The summed E-state index contributed by atoms with van der Waals surface area (Å²) in [4.78, 5) is 7.99. The Morgan fingerprint density at radius 1 is 1.40 bits per heavy atom. The number of aromatic amines is 1. The molecule has 0 aliphatic rings. The summed E-state index contributed by atoms with van der Waals surface area (Å²) in [6.45, 7) is 7.10. The van der Waals surface area contributed by atoms with Crippen LogP contribution in [0.15, 0.2) is 23.4 Å². The van der Waals surface area contributed by atoms with E-state index in [9.17, 15) is 0 Å². The number of benzene rings is 1. The summed E-state index contributed by atoms with van der Waals surface area (Å²) in [7, 11) is 2.00. The van der Waals surface area contributed by atoms with E-state index in [1.54, 1.807) is 11.8 Å². The second kappa shape index (κ2) is 6.99. The molecule has 2 atom stereocenters. The molecule has 2 unspecified atom stereocenters. The first-order valence-corrected chi connectivity index (χ1v) is 7.96. The maximum absolute atomic E-state index is 5.51. The molecule has 4 nitrogen and oxygen atoms in total. The molecule has 2 N–H and O–H groups in total. The molecule has 0 aliphatic carbocycles. The van der Waals surface area contributed by atoms with Gasteiger partial charge in [0.25, 0.3) is 0 Å². The molecule has 0 fully saturated rings. The lowest BCUT2D eigenvalue weighted by atomic mass is 10.2. The Hall–Kier alpha value is -1.20. The minimum Gasteiger partial charge on any atom is -0.494 e. The van der Waals surface area contributed by atoms with Crippen LogP contribution in [0, 0.1) is 0 Å². The molecule has 20 heavy (non-hydrogen) atoms. The molecule has 5 heteroatoms. The average molecular weight is 293 g/mol. The van der Waals surface area contributed by atoms with Gasteiger partial charge in [0.2, 0.25) is 0 Å². The number of thioether (sulfide) groups is 1. The number of fused-ring (bicyclic) bond motifs is 1. The lowest BCUT2D eigenvalue weighted by molar-refractivity contribution is 0.340. The van der Waals surface area contributed by atoms with Crippen LogP contribution in [0.3, 0.4) is 0 Å². The van der Waals surface area contributed by atoms with Crippen LogP contribution in [-0.4, -0.2) is 34.9 Å². The molecule has 0 radical (unpaired) electrons. The summed E-state index contributed by atoms with van der Waals surface area (Å²) >= 11 is 1.78. The van der Waals surface area contributed by atoms with E-state index in [-0.39, 0.29) is 0 Å². The number of H-pyrrole nitrogens is 1. The summed E-state index contributed by atoms with van der Waals surface area (Å²) in [6.07, 6.45) is 1.11. The third kappa shape index (κ3) is 3.90. The molecule has 0 saturated heterocycles. The Morgan fingerprint density at radius 2 is 2.20 bits per heavy atom. The van der Waals surface area contributed by atoms with Gasteiger partial charge < -0.3 is 15.0 Å². The highest BCUT2D eigenvalue weighted by Crippen LogP contribution is 2.27. The number of rotatable bonds is 7. The predicted octanol–water partition coefficient (Wildman–Crippen LogP) is 3.44. The lowest BCUT2D eigenvalue weighted by Gasteiger charge is -2.14. The number of nitrogens with zero attached hydrogens (tertiary/aromatic N) is 1. The van der Waals surface area contributed by atoms with Crippen molar-refractivity contribution in [1.29, 1.82) is 0 Å². The highest BCUT2D eigenvalue weighted by Gasteiger charge is 2.12. The van der Waals surface area contributed by atoms with Crippen molar-refractivity contribution in [3.8, 4) is 5.75 Å². The van der Waals surface area contributed by atoms with Crippen molar-refractivity contribution in [1.82, 2.24) is 15.3 Å². The largest absolute Gasteiger partial charge is 0.494 e. The molecule has 1 aromatic heterocycles. The first-order chi connectivity index (χ1) is 9.62. The molecule has 2 rings (SSSR count). The fourth-order valence-corrected chi connectivity index (χ4v) is 3.22. The minimum absolute atomic E-state index is 0.518. The minimum atomic E-state index is 0.518. The maximum Gasteiger partial charge on any atom is 0.166 e. The second-order valence-electron chi connectivity index (χ2n) is 5.01. The molecule has 2 aromatic rings. The number of imidazole rings is 1. The van der Waals surface area contributed by atoms with E-state index in [0.717, 1.165) is 28.4 Å². The lowest BCUT2D eigenvalue weighted by Crippen LogP contribution is -2.24. The SMILES string of the molecule is CCOc1ccc2nc(SC(C)CC(C)NC)[nH]c2c1. The van der Waals surface area contributed by atoms with Gasteiger partial charge >= 0.3 is 0 Å². The number of aromatic nitrogens is 2. The van der Waals surface area contributed by atoms with Crippen molar-refractivity contribution in [2.45, 2.75) is 43.6 Å². The van der Waals surface area contributed by atoms with Gasteiger partial charge in [-0.15, -0.1) is 0 Å². The highest BCUT2D eigenvalue weighted by atomic mass is 32.2. The number of ether oxygens (including phenoxy) is 1. The quantitative estimate of drug-likeness (QED) is 0.768. The van der Waals surface area contributed by atoms with Crippen LogP contribution >= 0.6 is 11.8 Å². The van der Waals surface area contributed by atoms with Crippen LogP contribution in [-0.2, 0) is 0 Å². The molecule has 1 heterocycles. The van der Waals surface area contributed by atoms with Crippen LogP contribution in [0.5, 0.6) is 5.75 Å². The fraction of sp³-hybridized carbons (Fsp3) is 0.533. The van der Waals surface area contributed by atoms with Crippen LogP contribution < -0.4 is 10.1 Å². The highest BCUT2D eigenvalue weighted by molar-refractivity contribution is 7.99. The molecule has 1 aromatic carbocycles. The van der Waals surface area contributed by atoms with Gasteiger partial charge in [0, 0.05) is 17.4 Å². The van der Waals surface area contributed by atoms with Crippen LogP contribution in [0.4, 0.5) is 0 Å². The van der Waals surface area contributed by atoms with E-state index in [1.165, 1.54) is 0 Å². The van der Waals surface area contributed by atoms with Crippen molar-refractivity contribution in [2.24, 2.45) is 0 Å². The number of nitrogens with one attached hydrogen (secondary N) is 2. The topological polar surface area (TPSA) is 49.9 Å². The summed E-state index contributed by atoms with van der Waals surface area (Å²) in [6, 6.07) is 6.50. The van der Waals surface area contributed by atoms with Gasteiger partial charge in [-0.2, -0.15) is 0 Å². The van der Waals surface area contributed by atoms with Gasteiger partial charge in [0.1, 0.15) is 5.75 Å². The van der Waals surface area contributed by atoms with E-state index < -0.39 is 0 Å². The van der Waals surface area contributed by atoms with E-state index >= 15 is 0 Å². The smallest absolute Gasteiger partial charge is 0.166 e. The van der Waals surface area contributed by atoms with Crippen molar-refractivity contribution >= 4 is 22.8 Å². The Morgan fingerprint density at radius 3 is 2.90 bits per heavy atom. The summed E-state index contributed by atoms with van der Waals surface area (Å²) in [5.41, 5.74) is 2.03. The summed E-state index contributed by atoms with van der Waals surface area (Å²) in [5.74, 6) is 0.886. The Bertz CT molecular complexity index is 555. The molecule has 0 amide bonds. The van der Waals surface area contributed by atoms with E-state index in [1.807, 2.05) is 32.2 Å². The normalized spacial score (nSPS) is 14.4. The van der Waals surface area contributed by atoms with Gasteiger partial charge in [-0.1, -0.05) is 18.7 Å². The van der Waals surface area contributed by atoms with E-state index in [0.29, 0.717) is 17.9 Å². The maximum atomic E-state index is 5.51. The van der Waals surface area contributed by atoms with Gasteiger partial charge in [-0.25, -0.2) is 4.98 Å². The molecular formula is C15H23N3OS. The van der Waals surface area contributed by atoms with Gasteiger partial charge in [-0.3, -0.25) is 0 Å². The Balaban J connectivity index is 2.07. The zero-order chi connectivity index (χ0) is 14.5. The monoisotopic (exact) mass is 293 g/mol. The number of hydrogen-bond donors (Lipinski definition) is 2. The van der Waals surface area contributed by atoms with Crippen LogP contribution in [0.1, 0.15) is 27.2 Å². The zero-order valence-corrected chi connectivity index (χ0v) is 13.4. The van der Waals surface area contributed by atoms with Gasteiger partial charge in [-0.05, 0) is 39.4 Å². The average Bonchev–Trinajstić information content (AvgIpc) is 2.80. The van der Waals surface area contributed by atoms with Crippen molar-refractivity contribution < 1.29 is 4.74 Å². The molecule has 0 aliphatic heterocycles. The Kier molecular flexibility index (Phi) is 5.31. The molecular weight excluding hydrogens is 270 g/mol. The standard InChI is InChI=1S/C15H23N3OS/c1-5-19-12-6-7-13-14(9-12)18-15(17-13)20-11(3)8-10(2)16-4/h6-7,9-11,16H,5,8H2,1-4H3,(H,17,18). The predicted molar refractivity (Wildman–Crippen MR) is 85.7 cm³/mol. The number of hydrogen-bond acceptors (Lipinski definition) is 4. The molecule has 0 bridgehead atoms. The molecule has 0 saturated carbocycles. The Labute approximate surface area is 124 Å². The van der Waals surface area contributed by atoms with Crippen molar-refractivity contribution in [3.05, 3.63) is 18.2 Å². The summed E-state index contributed by atoms with van der Waals surface area (Å²) < 4.78 is 5.51. The van der Waals surface area contributed by atoms with Crippen molar-refractivity contribution in [2.75, 3.05) is 13.7 Å². The first kappa shape index (κ1) is 15.2. The third-order valence-electron chi connectivity index (χ3n) is 3.23. The van der Waals surface area contributed by atoms with Gasteiger partial charge in [0.15, 0.2) is 5.16 Å². The van der Waals surface area contributed by atoms with E-state index in [4.69, 9.17) is 4.74 Å². The summed E-state index contributed by atoms with van der Waals surface area (Å²) in [5, 5.41) is 4.76. The molecule has 110 valence electrons. The second-order valence-corrected chi connectivity index (χ2v) is 6.43.